The summed E-state index contributed by atoms with van der Waals surface area (Å²) in [6, 6.07) is 6.29. The van der Waals surface area contributed by atoms with Crippen LogP contribution in [-0.2, 0) is 6.54 Å². The first-order valence-electron chi connectivity index (χ1n) is 5.90. The summed E-state index contributed by atoms with van der Waals surface area (Å²) in [5.41, 5.74) is 2.38. The third kappa shape index (κ3) is 3.55. The van der Waals surface area contributed by atoms with E-state index in [4.69, 9.17) is 0 Å². The molecule has 0 fully saturated rings. The molecule has 0 radical (unpaired) electrons. The van der Waals surface area contributed by atoms with E-state index in [2.05, 4.69) is 68.0 Å². The monoisotopic (exact) mass is 419 g/mol. The van der Waals surface area contributed by atoms with Gasteiger partial charge in [0.25, 0.3) is 0 Å². The van der Waals surface area contributed by atoms with Crippen LogP contribution in [0.2, 0.25) is 0 Å². The van der Waals surface area contributed by atoms with Gasteiger partial charge < -0.3 is 5.32 Å². The minimum absolute atomic E-state index is 0.860. The van der Waals surface area contributed by atoms with E-state index in [1.807, 2.05) is 23.1 Å². The number of benzene rings is 1. The van der Waals surface area contributed by atoms with Crippen LogP contribution in [-0.4, -0.2) is 16.3 Å². The average molecular weight is 420 g/mol. The van der Waals surface area contributed by atoms with Crippen molar-refractivity contribution >= 4 is 38.5 Å². The molecule has 1 heterocycles. The molecule has 2 aromatic rings. The van der Waals surface area contributed by atoms with Gasteiger partial charge in [-0.05, 0) is 59.3 Å². The first-order valence-corrected chi connectivity index (χ1v) is 7.77. The first-order chi connectivity index (χ1) is 8.70. The Labute approximate surface area is 129 Å². The molecule has 1 N–H and O–H groups in total. The van der Waals surface area contributed by atoms with Crippen molar-refractivity contribution in [1.82, 2.24) is 15.1 Å². The number of rotatable bonds is 5. The van der Waals surface area contributed by atoms with E-state index in [0.29, 0.717) is 0 Å². The smallest absolute Gasteiger partial charge is 0.0691 e. The third-order valence-corrected chi connectivity index (χ3v) is 3.63. The van der Waals surface area contributed by atoms with Crippen molar-refractivity contribution < 1.29 is 0 Å². The Morgan fingerprint density at radius 3 is 2.94 bits per heavy atom. The second-order valence-electron chi connectivity index (χ2n) is 4.05. The van der Waals surface area contributed by atoms with Crippen LogP contribution in [0.3, 0.4) is 0 Å². The summed E-state index contributed by atoms with van der Waals surface area (Å²) in [6.07, 6.45) is 5.04. The van der Waals surface area contributed by atoms with Crippen LogP contribution in [0, 0.1) is 3.57 Å². The van der Waals surface area contributed by atoms with E-state index in [1.54, 1.807) is 0 Å². The fraction of sp³-hybridized carbons (Fsp3) is 0.308. The van der Waals surface area contributed by atoms with E-state index in [-0.39, 0.29) is 0 Å². The molecule has 0 saturated carbocycles. The molecule has 1 aromatic heterocycles. The maximum absolute atomic E-state index is 4.37. The van der Waals surface area contributed by atoms with Crippen molar-refractivity contribution in [2.24, 2.45) is 0 Å². The van der Waals surface area contributed by atoms with Gasteiger partial charge in [-0.15, -0.1) is 0 Å². The Morgan fingerprint density at radius 1 is 1.44 bits per heavy atom. The van der Waals surface area contributed by atoms with Crippen molar-refractivity contribution in [3.05, 3.63) is 44.2 Å². The molecule has 0 aliphatic carbocycles. The van der Waals surface area contributed by atoms with E-state index in [9.17, 15) is 0 Å². The molecule has 0 amide bonds. The Bertz CT molecular complexity index is 525. The Balaban J connectivity index is 2.28. The third-order valence-electron chi connectivity index (χ3n) is 2.58. The maximum Gasteiger partial charge on any atom is 0.0691 e. The van der Waals surface area contributed by atoms with Crippen LogP contribution >= 0.6 is 38.5 Å². The largest absolute Gasteiger partial charge is 0.313 e. The average Bonchev–Trinajstić information content (AvgIpc) is 2.76. The highest BCUT2D eigenvalue weighted by molar-refractivity contribution is 14.1. The van der Waals surface area contributed by atoms with Gasteiger partial charge in [-0.3, -0.25) is 0 Å². The van der Waals surface area contributed by atoms with Crippen molar-refractivity contribution in [2.75, 3.05) is 6.54 Å². The minimum Gasteiger partial charge on any atom is -0.313 e. The SMILES string of the molecule is CCCNCc1cc(Br)ccc1-n1cc(I)cn1. The summed E-state index contributed by atoms with van der Waals surface area (Å²) < 4.78 is 4.17. The van der Waals surface area contributed by atoms with Gasteiger partial charge in [-0.25, -0.2) is 4.68 Å². The predicted octanol–water partition coefficient (Wildman–Crippen LogP) is 3.74. The lowest BCUT2D eigenvalue weighted by Gasteiger charge is -2.11. The number of nitrogens with one attached hydrogen (secondary N) is 1. The molecule has 0 unspecified atom stereocenters. The molecule has 5 heteroatoms. The van der Waals surface area contributed by atoms with Gasteiger partial charge in [0.15, 0.2) is 0 Å². The number of aromatic nitrogens is 2. The van der Waals surface area contributed by atoms with Crippen LogP contribution in [0.25, 0.3) is 5.69 Å². The highest BCUT2D eigenvalue weighted by Crippen LogP contribution is 2.20. The van der Waals surface area contributed by atoms with E-state index >= 15 is 0 Å². The zero-order valence-electron chi connectivity index (χ0n) is 10.2. The summed E-state index contributed by atoms with van der Waals surface area (Å²) in [4.78, 5) is 0. The first kappa shape index (κ1) is 14.0. The van der Waals surface area contributed by atoms with E-state index in [0.717, 1.165) is 33.2 Å². The second-order valence-corrected chi connectivity index (χ2v) is 6.21. The fourth-order valence-corrected chi connectivity index (χ4v) is 2.55. The topological polar surface area (TPSA) is 29.9 Å². The summed E-state index contributed by atoms with van der Waals surface area (Å²) in [5.74, 6) is 0. The Hall–Kier alpha value is -0.400. The van der Waals surface area contributed by atoms with Gasteiger partial charge in [-0.1, -0.05) is 22.9 Å². The normalized spacial score (nSPS) is 10.8. The lowest BCUT2D eigenvalue weighted by molar-refractivity contribution is 0.670. The number of halogens is 2. The molecule has 2 rings (SSSR count). The summed E-state index contributed by atoms with van der Waals surface area (Å²) >= 11 is 5.80. The van der Waals surface area contributed by atoms with Gasteiger partial charge in [0.1, 0.15) is 0 Å². The number of nitrogens with zero attached hydrogens (tertiary/aromatic N) is 2. The van der Waals surface area contributed by atoms with Crippen LogP contribution < -0.4 is 5.32 Å². The van der Waals surface area contributed by atoms with Gasteiger partial charge in [0.2, 0.25) is 0 Å². The fourth-order valence-electron chi connectivity index (χ4n) is 1.75. The Kier molecular flexibility index (Phi) is 5.20. The lowest BCUT2D eigenvalue weighted by Crippen LogP contribution is -2.15. The molecule has 96 valence electrons. The maximum atomic E-state index is 4.37. The van der Waals surface area contributed by atoms with Crippen molar-refractivity contribution in [1.29, 1.82) is 0 Å². The molecule has 0 aliphatic heterocycles. The molecule has 1 aromatic carbocycles. The Morgan fingerprint density at radius 2 is 2.28 bits per heavy atom. The molecule has 3 nitrogen and oxygen atoms in total. The molecule has 0 bridgehead atoms. The lowest BCUT2D eigenvalue weighted by atomic mass is 10.2. The summed E-state index contributed by atoms with van der Waals surface area (Å²) in [7, 11) is 0. The molecular weight excluding hydrogens is 405 g/mol. The summed E-state index contributed by atoms with van der Waals surface area (Å²) in [5, 5.41) is 7.80. The molecular formula is C13H15BrIN3. The molecule has 0 atom stereocenters. The molecule has 18 heavy (non-hydrogen) atoms. The van der Waals surface area contributed by atoms with Gasteiger partial charge in [-0.2, -0.15) is 5.10 Å². The van der Waals surface area contributed by atoms with Gasteiger partial charge >= 0.3 is 0 Å². The second kappa shape index (κ2) is 6.68. The number of hydrogen-bond donors (Lipinski definition) is 1. The molecule has 0 spiro atoms. The van der Waals surface area contributed by atoms with Crippen molar-refractivity contribution in [3.8, 4) is 5.69 Å². The van der Waals surface area contributed by atoms with Crippen LogP contribution in [0.5, 0.6) is 0 Å². The highest BCUT2D eigenvalue weighted by Gasteiger charge is 2.06. The quantitative estimate of drug-likeness (QED) is 0.591. The highest BCUT2D eigenvalue weighted by atomic mass is 127. The van der Waals surface area contributed by atoms with E-state index in [1.165, 1.54) is 5.56 Å². The molecule has 0 aliphatic rings. The zero-order chi connectivity index (χ0) is 13.0. The van der Waals surface area contributed by atoms with Gasteiger partial charge in [0, 0.05) is 17.2 Å². The summed E-state index contributed by atoms with van der Waals surface area (Å²) in [6.45, 7) is 4.06. The van der Waals surface area contributed by atoms with Crippen LogP contribution in [0.1, 0.15) is 18.9 Å². The van der Waals surface area contributed by atoms with Crippen LogP contribution in [0.15, 0.2) is 35.1 Å². The minimum atomic E-state index is 0.860. The predicted molar refractivity (Wildman–Crippen MR) is 86.0 cm³/mol. The van der Waals surface area contributed by atoms with Gasteiger partial charge in [0.05, 0.1) is 15.5 Å². The standard InChI is InChI=1S/C13H15BrIN3/c1-2-5-16-7-10-6-11(14)3-4-13(10)18-9-12(15)8-17-18/h3-4,6,8-9,16H,2,5,7H2,1H3. The van der Waals surface area contributed by atoms with Crippen molar-refractivity contribution in [2.45, 2.75) is 19.9 Å². The number of hydrogen-bond acceptors (Lipinski definition) is 2. The molecule has 0 saturated heterocycles. The van der Waals surface area contributed by atoms with Crippen LogP contribution in [0.4, 0.5) is 0 Å². The van der Waals surface area contributed by atoms with E-state index < -0.39 is 0 Å². The van der Waals surface area contributed by atoms with Crippen molar-refractivity contribution in [3.63, 3.8) is 0 Å². The zero-order valence-corrected chi connectivity index (χ0v) is 13.9.